The molecule has 0 spiro atoms. The molecule has 0 heterocycles. The zero-order valence-corrected chi connectivity index (χ0v) is 13.8. The van der Waals surface area contributed by atoms with Gasteiger partial charge in [0.15, 0.2) is 11.0 Å². The lowest BCUT2D eigenvalue weighted by molar-refractivity contribution is -0.119. The van der Waals surface area contributed by atoms with Crippen molar-refractivity contribution in [2.24, 2.45) is 0 Å². The van der Waals surface area contributed by atoms with E-state index in [4.69, 9.17) is 0 Å². The van der Waals surface area contributed by atoms with Crippen LogP contribution in [-0.2, 0) is 15.7 Å². The van der Waals surface area contributed by atoms with Crippen molar-refractivity contribution >= 4 is 16.7 Å². The molecule has 3 rings (SSSR count). The number of carbonyl (C=O) groups excluding carboxylic acids is 1. The largest absolute Gasteiger partial charge is 0.294 e. The highest BCUT2D eigenvalue weighted by Gasteiger charge is 2.48. The predicted octanol–water partition coefficient (Wildman–Crippen LogP) is 4.78. The summed E-state index contributed by atoms with van der Waals surface area (Å²) in [6, 6.07) is 0. The monoisotopic (exact) mass is 295 g/mol. The lowest BCUT2D eigenvalue weighted by Crippen LogP contribution is -2.47. The van der Waals surface area contributed by atoms with Crippen LogP contribution in [0.2, 0.25) is 0 Å². The molecular formula is C18H31OS+. The maximum atomic E-state index is 12.5. The van der Waals surface area contributed by atoms with E-state index < -0.39 is 0 Å². The Morgan fingerprint density at radius 3 is 1.65 bits per heavy atom. The summed E-state index contributed by atoms with van der Waals surface area (Å²) in [6.07, 6.45) is 19.0. The van der Waals surface area contributed by atoms with Crippen molar-refractivity contribution in [3.05, 3.63) is 0 Å². The van der Waals surface area contributed by atoms with Crippen LogP contribution < -0.4 is 0 Å². The molecule has 0 saturated heterocycles. The summed E-state index contributed by atoms with van der Waals surface area (Å²) in [5.41, 5.74) is 0. The fraction of sp³-hybridized carbons (Fsp3) is 0.944. The summed E-state index contributed by atoms with van der Waals surface area (Å²) in [7, 11) is 0.437. The van der Waals surface area contributed by atoms with Crippen LogP contribution in [0.3, 0.4) is 0 Å². The van der Waals surface area contributed by atoms with Gasteiger partial charge in [0.1, 0.15) is 10.5 Å². The molecule has 114 valence electrons. The van der Waals surface area contributed by atoms with Crippen LogP contribution >= 0.6 is 0 Å². The van der Waals surface area contributed by atoms with Gasteiger partial charge in [0.2, 0.25) is 0 Å². The number of ketones is 1. The maximum Gasteiger partial charge on any atom is 0.184 e. The number of rotatable bonds is 3. The van der Waals surface area contributed by atoms with E-state index in [1.165, 1.54) is 83.5 Å². The normalized spacial score (nSPS) is 30.9. The fourth-order valence-electron chi connectivity index (χ4n) is 4.65. The van der Waals surface area contributed by atoms with Crippen molar-refractivity contribution in [1.29, 1.82) is 0 Å². The molecule has 0 amide bonds. The van der Waals surface area contributed by atoms with Gasteiger partial charge in [-0.25, -0.2) is 0 Å². The Labute approximate surface area is 127 Å². The molecule has 0 aromatic heterocycles. The Morgan fingerprint density at radius 2 is 1.15 bits per heavy atom. The van der Waals surface area contributed by atoms with E-state index in [0.29, 0.717) is 21.9 Å². The smallest absolute Gasteiger partial charge is 0.184 e. The number of hydrogen-bond donors (Lipinski definition) is 0. The summed E-state index contributed by atoms with van der Waals surface area (Å²) >= 11 is 0. The highest BCUT2D eigenvalue weighted by Crippen LogP contribution is 2.39. The van der Waals surface area contributed by atoms with Gasteiger partial charge >= 0.3 is 0 Å². The third-order valence-corrected chi connectivity index (χ3v) is 9.34. The third-order valence-electron chi connectivity index (χ3n) is 5.70. The highest BCUT2D eigenvalue weighted by atomic mass is 32.2. The number of carbonyl (C=O) groups is 1. The number of Topliss-reactive ketones (excluding diaryl/α,β-unsaturated/α-hetero) is 1. The van der Waals surface area contributed by atoms with Crippen molar-refractivity contribution in [3.8, 4) is 0 Å². The topological polar surface area (TPSA) is 17.1 Å². The lowest BCUT2D eigenvalue weighted by Gasteiger charge is -2.35. The minimum Gasteiger partial charge on any atom is -0.294 e. The standard InChI is InChI=1S/C18H31OS/c19-17-13-7-8-14-18(17)20(15-9-3-1-4-10-15)16-11-5-2-6-12-16/h15-16,18H,1-14H2/q+1. The Morgan fingerprint density at radius 1 is 0.650 bits per heavy atom. The summed E-state index contributed by atoms with van der Waals surface area (Å²) in [5, 5.41) is 2.31. The van der Waals surface area contributed by atoms with Gasteiger partial charge < -0.3 is 0 Å². The predicted molar refractivity (Wildman–Crippen MR) is 88.4 cm³/mol. The van der Waals surface area contributed by atoms with Crippen LogP contribution in [0.15, 0.2) is 0 Å². The first-order valence-corrected chi connectivity index (χ1v) is 10.5. The Bertz CT molecular complexity index is 297. The molecule has 1 unspecified atom stereocenters. The first-order chi connectivity index (χ1) is 9.86. The molecular weight excluding hydrogens is 264 g/mol. The van der Waals surface area contributed by atoms with Gasteiger partial charge in [-0.3, -0.25) is 4.79 Å². The van der Waals surface area contributed by atoms with Crippen LogP contribution in [-0.4, -0.2) is 21.5 Å². The van der Waals surface area contributed by atoms with Crippen molar-refractivity contribution in [3.63, 3.8) is 0 Å². The molecule has 2 heteroatoms. The van der Waals surface area contributed by atoms with Crippen LogP contribution in [0.1, 0.15) is 89.9 Å². The molecule has 0 aromatic rings. The third kappa shape index (κ3) is 3.43. The Hall–Kier alpha value is 0.0200. The molecule has 0 aromatic carbocycles. The molecule has 0 bridgehead atoms. The second-order valence-corrected chi connectivity index (χ2v) is 9.85. The molecule has 0 N–H and O–H groups in total. The Balaban J connectivity index is 1.75. The van der Waals surface area contributed by atoms with Crippen LogP contribution in [0, 0.1) is 0 Å². The average molecular weight is 296 g/mol. The van der Waals surface area contributed by atoms with E-state index in [2.05, 4.69) is 0 Å². The van der Waals surface area contributed by atoms with Crippen molar-refractivity contribution in [2.75, 3.05) is 0 Å². The second kappa shape index (κ2) is 7.33. The van der Waals surface area contributed by atoms with Gasteiger partial charge in [-0.15, -0.1) is 0 Å². The maximum absolute atomic E-state index is 12.5. The van der Waals surface area contributed by atoms with E-state index >= 15 is 0 Å². The van der Waals surface area contributed by atoms with E-state index in [0.717, 1.165) is 16.9 Å². The van der Waals surface area contributed by atoms with Gasteiger partial charge in [-0.05, 0) is 64.2 Å². The zero-order chi connectivity index (χ0) is 13.8. The second-order valence-electron chi connectivity index (χ2n) is 7.13. The molecule has 20 heavy (non-hydrogen) atoms. The summed E-state index contributed by atoms with van der Waals surface area (Å²) in [6.45, 7) is 0. The van der Waals surface area contributed by atoms with Crippen LogP contribution in [0.25, 0.3) is 0 Å². The van der Waals surface area contributed by atoms with E-state index in [1.54, 1.807) is 0 Å². The first-order valence-electron chi connectivity index (χ1n) is 9.09. The minimum absolute atomic E-state index is 0.437. The fourth-order valence-corrected chi connectivity index (χ4v) is 8.74. The van der Waals surface area contributed by atoms with Gasteiger partial charge in [0.05, 0.1) is 0 Å². The van der Waals surface area contributed by atoms with Crippen molar-refractivity contribution in [1.82, 2.24) is 0 Å². The van der Waals surface area contributed by atoms with Gasteiger partial charge in [-0.1, -0.05) is 12.8 Å². The lowest BCUT2D eigenvalue weighted by atomic mass is 9.98. The number of hydrogen-bond acceptors (Lipinski definition) is 1. The first kappa shape index (κ1) is 14.9. The average Bonchev–Trinajstić information content (AvgIpc) is 2.52. The minimum atomic E-state index is 0.437. The highest BCUT2D eigenvalue weighted by molar-refractivity contribution is 7.99. The molecule has 0 aliphatic heterocycles. The summed E-state index contributed by atoms with van der Waals surface area (Å²) < 4.78 is 0. The molecule has 0 radical (unpaired) electrons. The zero-order valence-electron chi connectivity index (χ0n) is 12.9. The Kier molecular flexibility index (Phi) is 5.48. The van der Waals surface area contributed by atoms with Gasteiger partial charge in [0, 0.05) is 23.7 Å². The van der Waals surface area contributed by atoms with E-state index in [-0.39, 0.29) is 0 Å². The summed E-state index contributed by atoms with van der Waals surface area (Å²) in [4.78, 5) is 12.5. The molecule has 3 saturated carbocycles. The molecule has 3 aliphatic rings. The quantitative estimate of drug-likeness (QED) is 0.685. The summed E-state index contributed by atoms with van der Waals surface area (Å²) in [5.74, 6) is 0.649. The molecule has 3 aliphatic carbocycles. The SMILES string of the molecule is O=C1CCCCC1[S+](C1CCCCC1)C1CCCCC1. The van der Waals surface area contributed by atoms with Gasteiger partial charge in [0.25, 0.3) is 0 Å². The van der Waals surface area contributed by atoms with Gasteiger partial charge in [-0.2, -0.15) is 0 Å². The van der Waals surface area contributed by atoms with Crippen LogP contribution in [0.4, 0.5) is 0 Å². The molecule has 3 fully saturated rings. The van der Waals surface area contributed by atoms with Crippen LogP contribution in [0.5, 0.6) is 0 Å². The van der Waals surface area contributed by atoms with E-state index in [9.17, 15) is 4.79 Å². The van der Waals surface area contributed by atoms with Crippen molar-refractivity contribution in [2.45, 2.75) is 106 Å². The van der Waals surface area contributed by atoms with Crippen molar-refractivity contribution < 1.29 is 4.79 Å². The molecule has 1 atom stereocenters. The molecule has 1 nitrogen and oxygen atoms in total. The van der Waals surface area contributed by atoms with E-state index in [1.807, 2.05) is 0 Å².